The number of amides is 1. The molecule has 1 fully saturated rings. The summed E-state index contributed by atoms with van der Waals surface area (Å²) in [5.41, 5.74) is 4.39. The van der Waals surface area contributed by atoms with Crippen molar-refractivity contribution in [3.63, 3.8) is 0 Å². The monoisotopic (exact) mass is 292 g/mol. The smallest absolute Gasteiger partial charge is 0.320 e. The van der Waals surface area contributed by atoms with Crippen LogP contribution < -0.4 is 10.6 Å². The maximum atomic E-state index is 13.0. The molecule has 0 spiro atoms. The lowest BCUT2D eigenvalue weighted by Crippen LogP contribution is -2.49. The summed E-state index contributed by atoms with van der Waals surface area (Å²) in [5.74, 6) is -0.523. The molecule has 1 aromatic rings. The largest absolute Gasteiger partial charge is 0.418 e. The molecule has 0 aromatic heterocycles. The number of hydrogen-bond donors (Lipinski definition) is 1. The first-order valence-corrected chi connectivity index (χ1v) is 6.13. The number of alkyl halides is 3. The van der Waals surface area contributed by atoms with Gasteiger partial charge in [0.15, 0.2) is 0 Å². The van der Waals surface area contributed by atoms with E-state index in [9.17, 15) is 18.0 Å². The number of para-hydroxylation sites is 1. The molecule has 0 aliphatic carbocycles. The zero-order valence-electron chi connectivity index (χ0n) is 9.88. The number of halogens is 4. The topological polar surface area (TPSA) is 46.3 Å². The standard InChI is InChI=1S/C12H12ClF3N2O/c13-8-4-1-3-7(12(14,15)16)10(8)18-6-2-5-9(17)11(18)19/h1,3-4,9H,2,5-6,17H2. The van der Waals surface area contributed by atoms with Crippen molar-refractivity contribution >= 4 is 23.2 Å². The number of hydrogen-bond acceptors (Lipinski definition) is 2. The minimum Gasteiger partial charge on any atom is -0.320 e. The van der Waals surface area contributed by atoms with Gasteiger partial charge in [0, 0.05) is 6.54 Å². The number of benzene rings is 1. The summed E-state index contributed by atoms with van der Waals surface area (Å²) >= 11 is 5.85. The SMILES string of the molecule is NC1CCCN(c2c(Cl)cccc2C(F)(F)F)C1=O. The fourth-order valence-corrected chi connectivity index (χ4v) is 2.42. The van der Waals surface area contributed by atoms with Crippen LogP contribution in [0.4, 0.5) is 18.9 Å². The molecular formula is C12H12ClF3N2O. The van der Waals surface area contributed by atoms with Gasteiger partial charge < -0.3 is 10.6 Å². The molecule has 3 nitrogen and oxygen atoms in total. The van der Waals surface area contributed by atoms with Crippen LogP contribution in [0.15, 0.2) is 18.2 Å². The highest BCUT2D eigenvalue weighted by molar-refractivity contribution is 6.34. The number of nitrogens with zero attached hydrogens (tertiary/aromatic N) is 1. The van der Waals surface area contributed by atoms with Gasteiger partial charge in [-0.1, -0.05) is 17.7 Å². The second kappa shape index (κ2) is 5.02. The fourth-order valence-electron chi connectivity index (χ4n) is 2.14. The lowest BCUT2D eigenvalue weighted by Gasteiger charge is -2.32. The number of anilines is 1. The van der Waals surface area contributed by atoms with Crippen molar-refractivity contribution in [2.24, 2.45) is 5.73 Å². The minimum atomic E-state index is -4.57. The van der Waals surface area contributed by atoms with Crippen LogP contribution in [0.3, 0.4) is 0 Å². The molecule has 1 aliphatic rings. The summed E-state index contributed by atoms with van der Waals surface area (Å²) < 4.78 is 38.9. The van der Waals surface area contributed by atoms with Gasteiger partial charge in [0.25, 0.3) is 0 Å². The third-order valence-corrected chi connectivity index (χ3v) is 3.35. The van der Waals surface area contributed by atoms with Crippen LogP contribution in [-0.4, -0.2) is 18.5 Å². The zero-order chi connectivity index (χ0) is 14.2. The average Bonchev–Trinajstić information content (AvgIpc) is 2.32. The molecule has 1 aromatic carbocycles. The summed E-state index contributed by atoms with van der Waals surface area (Å²) in [4.78, 5) is 13.0. The van der Waals surface area contributed by atoms with Crippen molar-refractivity contribution in [1.82, 2.24) is 0 Å². The Hall–Kier alpha value is -1.27. The maximum absolute atomic E-state index is 13.0. The third-order valence-electron chi connectivity index (χ3n) is 3.04. The van der Waals surface area contributed by atoms with Crippen LogP contribution in [0.5, 0.6) is 0 Å². The van der Waals surface area contributed by atoms with Crippen molar-refractivity contribution in [2.75, 3.05) is 11.4 Å². The Morgan fingerprint density at radius 1 is 1.37 bits per heavy atom. The molecular weight excluding hydrogens is 281 g/mol. The van der Waals surface area contributed by atoms with Crippen LogP contribution in [-0.2, 0) is 11.0 Å². The highest BCUT2D eigenvalue weighted by Gasteiger charge is 2.38. The number of piperidine rings is 1. The van der Waals surface area contributed by atoms with E-state index in [0.717, 1.165) is 11.0 Å². The van der Waals surface area contributed by atoms with Crippen LogP contribution in [0, 0.1) is 0 Å². The first-order chi connectivity index (χ1) is 8.82. The van der Waals surface area contributed by atoms with Crippen molar-refractivity contribution in [3.05, 3.63) is 28.8 Å². The van der Waals surface area contributed by atoms with Gasteiger partial charge >= 0.3 is 6.18 Å². The van der Waals surface area contributed by atoms with Crippen LogP contribution in [0.1, 0.15) is 18.4 Å². The van der Waals surface area contributed by atoms with Crippen LogP contribution >= 0.6 is 11.6 Å². The van der Waals surface area contributed by atoms with E-state index in [2.05, 4.69) is 0 Å². The second-order valence-corrected chi connectivity index (χ2v) is 4.78. The number of carbonyl (C=O) groups excluding carboxylic acids is 1. The molecule has 104 valence electrons. The van der Waals surface area contributed by atoms with Crippen molar-refractivity contribution in [2.45, 2.75) is 25.1 Å². The van der Waals surface area contributed by atoms with Crippen molar-refractivity contribution in [3.8, 4) is 0 Å². The fraction of sp³-hybridized carbons (Fsp3) is 0.417. The van der Waals surface area contributed by atoms with E-state index in [1.807, 2.05) is 0 Å². The molecule has 19 heavy (non-hydrogen) atoms. The number of nitrogens with two attached hydrogens (primary N) is 1. The Labute approximate surface area is 113 Å². The van der Waals surface area contributed by atoms with E-state index >= 15 is 0 Å². The quantitative estimate of drug-likeness (QED) is 0.865. The van der Waals surface area contributed by atoms with E-state index in [0.29, 0.717) is 12.8 Å². The van der Waals surface area contributed by atoms with Gasteiger partial charge in [0.1, 0.15) is 0 Å². The highest BCUT2D eigenvalue weighted by atomic mass is 35.5. The lowest BCUT2D eigenvalue weighted by molar-refractivity contribution is -0.137. The molecule has 1 aliphatic heterocycles. The van der Waals surface area contributed by atoms with Crippen LogP contribution in [0.25, 0.3) is 0 Å². The molecule has 0 bridgehead atoms. The predicted molar refractivity (Wildman–Crippen MR) is 66.0 cm³/mol. The summed E-state index contributed by atoms with van der Waals surface area (Å²) in [7, 11) is 0. The first kappa shape index (κ1) is 14.1. The third kappa shape index (κ3) is 2.69. The molecule has 1 saturated heterocycles. The average molecular weight is 293 g/mol. The van der Waals surface area contributed by atoms with E-state index in [-0.39, 0.29) is 17.3 Å². The predicted octanol–water partition coefficient (Wildman–Crippen LogP) is 2.81. The summed E-state index contributed by atoms with van der Waals surface area (Å²) in [5, 5.41) is -0.0997. The van der Waals surface area contributed by atoms with E-state index in [1.54, 1.807) is 0 Å². The highest BCUT2D eigenvalue weighted by Crippen LogP contribution is 2.41. The van der Waals surface area contributed by atoms with Gasteiger partial charge in [-0.15, -0.1) is 0 Å². The minimum absolute atomic E-state index is 0.0997. The molecule has 1 amide bonds. The number of rotatable bonds is 1. The summed E-state index contributed by atoms with van der Waals surface area (Å²) in [6.45, 7) is 0.194. The molecule has 1 heterocycles. The zero-order valence-corrected chi connectivity index (χ0v) is 10.6. The van der Waals surface area contributed by atoms with Gasteiger partial charge in [-0.05, 0) is 25.0 Å². The Morgan fingerprint density at radius 2 is 2.05 bits per heavy atom. The van der Waals surface area contributed by atoms with Gasteiger partial charge in [0.05, 0.1) is 22.3 Å². The molecule has 1 atom stereocenters. The normalized spacial score (nSPS) is 20.8. The summed E-state index contributed by atoms with van der Waals surface area (Å²) in [6.07, 6.45) is -3.54. The van der Waals surface area contributed by atoms with Gasteiger partial charge in [-0.3, -0.25) is 4.79 Å². The summed E-state index contributed by atoms with van der Waals surface area (Å²) in [6, 6.07) is 2.68. The van der Waals surface area contributed by atoms with Crippen LogP contribution in [0.2, 0.25) is 5.02 Å². The van der Waals surface area contributed by atoms with Crippen molar-refractivity contribution in [1.29, 1.82) is 0 Å². The Kier molecular flexibility index (Phi) is 3.73. The van der Waals surface area contributed by atoms with E-state index < -0.39 is 23.7 Å². The molecule has 0 radical (unpaired) electrons. The van der Waals surface area contributed by atoms with Gasteiger partial charge in [0.2, 0.25) is 5.91 Å². The first-order valence-electron chi connectivity index (χ1n) is 5.75. The van der Waals surface area contributed by atoms with E-state index in [4.69, 9.17) is 17.3 Å². The second-order valence-electron chi connectivity index (χ2n) is 4.37. The molecule has 2 N–H and O–H groups in total. The molecule has 0 saturated carbocycles. The Bertz CT molecular complexity index is 504. The van der Waals surface area contributed by atoms with Gasteiger partial charge in [-0.2, -0.15) is 13.2 Å². The van der Waals surface area contributed by atoms with Crippen molar-refractivity contribution < 1.29 is 18.0 Å². The number of carbonyl (C=O) groups is 1. The molecule has 7 heteroatoms. The maximum Gasteiger partial charge on any atom is 0.418 e. The Balaban J connectivity index is 2.52. The Morgan fingerprint density at radius 3 is 2.68 bits per heavy atom. The van der Waals surface area contributed by atoms with Gasteiger partial charge in [-0.25, -0.2) is 0 Å². The molecule has 1 unspecified atom stereocenters. The molecule has 2 rings (SSSR count). The lowest BCUT2D eigenvalue weighted by atomic mass is 10.0. The van der Waals surface area contributed by atoms with E-state index in [1.165, 1.54) is 12.1 Å².